The van der Waals surface area contributed by atoms with E-state index in [9.17, 15) is 4.79 Å². The number of amides is 1. The van der Waals surface area contributed by atoms with Gasteiger partial charge in [-0.05, 0) is 35.7 Å². The summed E-state index contributed by atoms with van der Waals surface area (Å²) in [6.07, 6.45) is 0. The third kappa shape index (κ3) is 3.02. The van der Waals surface area contributed by atoms with Crippen molar-refractivity contribution in [1.82, 2.24) is 5.32 Å². The van der Waals surface area contributed by atoms with Crippen LogP contribution in [0.15, 0.2) is 52.9 Å². The largest absolute Gasteiger partial charge is 0.451 e. The Hall–Kier alpha value is -2.59. The summed E-state index contributed by atoms with van der Waals surface area (Å²) in [6, 6.07) is 15.5. The molecule has 0 saturated heterocycles. The van der Waals surface area contributed by atoms with Gasteiger partial charge in [0.05, 0.1) is 0 Å². The first-order chi connectivity index (χ1) is 10.7. The van der Waals surface area contributed by atoms with Crippen molar-refractivity contribution >= 4 is 16.9 Å². The standard InChI is InChI=1S/C18H18N2O2/c1-12-5-6-15-9-17(22-16(15)7-12)18(21)20-11-14-4-2-3-13(8-14)10-19/h2-9H,10-11,19H2,1H3,(H,20,21). The van der Waals surface area contributed by atoms with Gasteiger partial charge in [0.2, 0.25) is 0 Å². The van der Waals surface area contributed by atoms with Crippen LogP contribution in [0.25, 0.3) is 11.0 Å². The molecule has 1 heterocycles. The van der Waals surface area contributed by atoms with Crippen molar-refractivity contribution in [2.45, 2.75) is 20.0 Å². The maximum Gasteiger partial charge on any atom is 0.287 e. The van der Waals surface area contributed by atoms with Gasteiger partial charge in [-0.25, -0.2) is 0 Å². The maximum atomic E-state index is 12.2. The van der Waals surface area contributed by atoms with E-state index in [-0.39, 0.29) is 5.91 Å². The zero-order chi connectivity index (χ0) is 15.5. The third-order valence-corrected chi connectivity index (χ3v) is 3.58. The van der Waals surface area contributed by atoms with Crippen molar-refractivity contribution < 1.29 is 9.21 Å². The lowest BCUT2D eigenvalue weighted by Gasteiger charge is -2.05. The van der Waals surface area contributed by atoms with E-state index < -0.39 is 0 Å². The third-order valence-electron chi connectivity index (χ3n) is 3.58. The fraction of sp³-hybridized carbons (Fsp3) is 0.167. The summed E-state index contributed by atoms with van der Waals surface area (Å²) >= 11 is 0. The highest BCUT2D eigenvalue weighted by Gasteiger charge is 2.12. The number of furan rings is 1. The zero-order valence-corrected chi connectivity index (χ0v) is 12.4. The highest BCUT2D eigenvalue weighted by molar-refractivity contribution is 5.96. The predicted octanol–water partition coefficient (Wildman–Crippen LogP) is 3.13. The van der Waals surface area contributed by atoms with Gasteiger partial charge in [-0.3, -0.25) is 4.79 Å². The topological polar surface area (TPSA) is 68.3 Å². The molecule has 1 aromatic heterocycles. The van der Waals surface area contributed by atoms with Gasteiger partial charge < -0.3 is 15.5 Å². The van der Waals surface area contributed by atoms with E-state index in [1.165, 1.54) is 0 Å². The molecule has 22 heavy (non-hydrogen) atoms. The van der Waals surface area contributed by atoms with Gasteiger partial charge in [0.15, 0.2) is 5.76 Å². The number of carbonyl (C=O) groups is 1. The van der Waals surface area contributed by atoms with E-state index in [2.05, 4.69) is 5.32 Å². The van der Waals surface area contributed by atoms with Crippen LogP contribution in [0.1, 0.15) is 27.2 Å². The number of hydrogen-bond donors (Lipinski definition) is 2. The Kier molecular flexibility index (Phi) is 3.94. The molecular formula is C18H18N2O2. The van der Waals surface area contributed by atoms with Crippen LogP contribution in [0, 0.1) is 6.92 Å². The first-order valence-corrected chi connectivity index (χ1v) is 7.22. The molecule has 0 aliphatic carbocycles. The lowest BCUT2D eigenvalue weighted by atomic mass is 10.1. The van der Waals surface area contributed by atoms with E-state index >= 15 is 0 Å². The second-order valence-electron chi connectivity index (χ2n) is 5.36. The Morgan fingerprint density at radius 1 is 1.14 bits per heavy atom. The Morgan fingerprint density at radius 3 is 2.77 bits per heavy atom. The molecule has 0 spiro atoms. The molecule has 0 radical (unpaired) electrons. The van der Waals surface area contributed by atoms with Crippen molar-refractivity contribution in [1.29, 1.82) is 0 Å². The number of nitrogens with two attached hydrogens (primary N) is 1. The smallest absolute Gasteiger partial charge is 0.287 e. The number of aryl methyl sites for hydroxylation is 1. The normalized spacial score (nSPS) is 10.8. The molecule has 0 saturated carbocycles. The van der Waals surface area contributed by atoms with Crippen LogP contribution >= 0.6 is 0 Å². The summed E-state index contributed by atoms with van der Waals surface area (Å²) < 4.78 is 5.61. The van der Waals surface area contributed by atoms with Crippen LogP contribution in [0.3, 0.4) is 0 Å². The molecule has 3 aromatic rings. The molecule has 0 bridgehead atoms. The van der Waals surface area contributed by atoms with Gasteiger partial charge in [0, 0.05) is 18.5 Å². The molecule has 0 unspecified atom stereocenters. The number of nitrogens with one attached hydrogen (secondary N) is 1. The average Bonchev–Trinajstić information content (AvgIpc) is 2.96. The molecule has 0 aliphatic heterocycles. The first-order valence-electron chi connectivity index (χ1n) is 7.22. The Labute approximate surface area is 128 Å². The van der Waals surface area contributed by atoms with Crippen LogP contribution in [-0.2, 0) is 13.1 Å². The SMILES string of the molecule is Cc1ccc2cc(C(=O)NCc3cccc(CN)c3)oc2c1. The molecule has 0 atom stereocenters. The van der Waals surface area contributed by atoms with E-state index in [1.807, 2.05) is 49.4 Å². The molecule has 2 aromatic carbocycles. The number of hydrogen-bond acceptors (Lipinski definition) is 3. The van der Waals surface area contributed by atoms with Crippen molar-refractivity contribution in [3.05, 3.63) is 71.0 Å². The van der Waals surface area contributed by atoms with Crippen molar-refractivity contribution in [3.63, 3.8) is 0 Å². The van der Waals surface area contributed by atoms with E-state index in [0.717, 1.165) is 27.7 Å². The molecule has 4 nitrogen and oxygen atoms in total. The molecule has 3 rings (SSSR count). The molecular weight excluding hydrogens is 276 g/mol. The fourth-order valence-corrected chi connectivity index (χ4v) is 2.39. The van der Waals surface area contributed by atoms with E-state index in [4.69, 9.17) is 10.2 Å². The van der Waals surface area contributed by atoms with Gasteiger partial charge in [0.25, 0.3) is 5.91 Å². The van der Waals surface area contributed by atoms with Crippen LogP contribution in [-0.4, -0.2) is 5.91 Å². The van der Waals surface area contributed by atoms with Crippen LogP contribution in [0.5, 0.6) is 0 Å². The molecule has 3 N–H and O–H groups in total. The summed E-state index contributed by atoms with van der Waals surface area (Å²) in [5.74, 6) is 0.114. The second-order valence-corrected chi connectivity index (χ2v) is 5.36. The Morgan fingerprint density at radius 2 is 1.95 bits per heavy atom. The fourth-order valence-electron chi connectivity index (χ4n) is 2.39. The maximum absolute atomic E-state index is 12.2. The summed E-state index contributed by atoms with van der Waals surface area (Å²) in [5.41, 5.74) is 9.52. The lowest BCUT2D eigenvalue weighted by Crippen LogP contribution is -2.22. The van der Waals surface area contributed by atoms with Crippen LogP contribution in [0.4, 0.5) is 0 Å². The number of fused-ring (bicyclic) bond motifs is 1. The van der Waals surface area contributed by atoms with E-state index in [1.54, 1.807) is 6.07 Å². The first kappa shape index (κ1) is 14.4. The highest BCUT2D eigenvalue weighted by atomic mass is 16.3. The van der Waals surface area contributed by atoms with Gasteiger partial charge >= 0.3 is 0 Å². The number of carbonyl (C=O) groups excluding carboxylic acids is 1. The minimum Gasteiger partial charge on any atom is -0.451 e. The Bertz CT molecular complexity index is 821. The molecule has 1 amide bonds. The molecule has 0 fully saturated rings. The minimum atomic E-state index is -0.216. The quantitative estimate of drug-likeness (QED) is 0.776. The second kappa shape index (κ2) is 6.03. The van der Waals surface area contributed by atoms with Crippen molar-refractivity contribution in [3.8, 4) is 0 Å². The van der Waals surface area contributed by atoms with Gasteiger partial charge in [-0.2, -0.15) is 0 Å². The summed E-state index contributed by atoms with van der Waals surface area (Å²) in [7, 11) is 0. The number of rotatable bonds is 4. The van der Waals surface area contributed by atoms with Crippen LogP contribution < -0.4 is 11.1 Å². The molecule has 112 valence electrons. The van der Waals surface area contributed by atoms with Crippen LogP contribution in [0.2, 0.25) is 0 Å². The zero-order valence-electron chi connectivity index (χ0n) is 12.4. The predicted molar refractivity (Wildman–Crippen MR) is 86.5 cm³/mol. The van der Waals surface area contributed by atoms with E-state index in [0.29, 0.717) is 18.8 Å². The van der Waals surface area contributed by atoms with Gasteiger partial charge in [-0.1, -0.05) is 36.4 Å². The number of benzene rings is 2. The van der Waals surface area contributed by atoms with Gasteiger partial charge in [-0.15, -0.1) is 0 Å². The average molecular weight is 294 g/mol. The summed E-state index contributed by atoms with van der Waals surface area (Å²) in [6.45, 7) is 2.93. The van der Waals surface area contributed by atoms with Crippen molar-refractivity contribution in [2.75, 3.05) is 0 Å². The summed E-state index contributed by atoms with van der Waals surface area (Å²) in [4.78, 5) is 12.2. The monoisotopic (exact) mass is 294 g/mol. The Balaban J connectivity index is 1.72. The summed E-state index contributed by atoms with van der Waals surface area (Å²) in [5, 5.41) is 3.80. The van der Waals surface area contributed by atoms with Crippen molar-refractivity contribution in [2.24, 2.45) is 5.73 Å². The minimum absolute atomic E-state index is 0.216. The van der Waals surface area contributed by atoms with Gasteiger partial charge in [0.1, 0.15) is 5.58 Å². The highest BCUT2D eigenvalue weighted by Crippen LogP contribution is 2.20. The molecule has 0 aliphatic rings. The lowest BCUT2D eigenvalue weighted by molar-refractivity contribution is 0.0925. The molecule has 4 heteroatoms.